The van der Waals surface area contributed by atoms with Gasteiger partial charge in [-0.25, -0.2) is 8.42 Å². The molecule has 7 heteroatoms. The Morgan fingerprint density at radius 3 is 2.27 bits per heavy atom. The molecule has 0 N–H and O–H groups in total. The molecule has 0 bridgehead atoms. The Balaban J connectivity index is 1.72. The summed E-state index contributed by atoms with van der Waals surface area (Å²) in [6, 6.07) is 8.55. The zero-order valence-electron chi connectivity index (χ0n) is 12.2. The van der Waals surface area contributed by atoms with Gasteiger partial charge in [-0.3, -0.25) is 0 Å². The molecule has 0 amide bonds. The van der Waals surface area contributed by atoms with Crippen molar-refractivity contribution in [3.8, 4) is 6.07 Å². The summed E-state index contributed by atoms with van der Waals surface area (Å²) in [5, 5.41) is 8.65. The van der Waals surface area contributed by atoms with Crippen LogP contribution in [0.5, 0.6) is 0 Å². The molecule has 0 radical (unpaired) electrons. The summed E-state index contributed by atoms with van der Waals surface area (Å²) in [5.41, 5.74) is 0.812. The Bertz CT molecular complexity index is 662. The second kappa shape index (κ2) is 5.97. The molecular weight excluding hydrogens is 304 g/mol. The minimum atomic E-state index is -3.50. The first kappa shape index (κ1) is 15.4. The van der Waals surface area contributed by atoms with Gasteiger partial charge >= 0.3 is 0 Å². The predicted molar refractivity (Wildman–Crippen MR) is 78.4 cm³/mol. The van der Waals surface area contributed by atoms with E-state index in [1.807, 2.05) is 6.07 Å². The summed E-state index contributed by atoms with van der Waals surface area (Å²) in [6.07, 6.45) is 1.39. The number of sulfonamides is 1. The maximum Gasteiger partial charge on any atom is 0.243 e. The lowest BCUT2D eigenvalue weighted by Crippen LogP contribution is -2.47. The van der Waals surface area contributed by atoms with Gasteiger partial charge in [0.05, 0.1) is 30.6 Å². The third-order valence-corrected chi connectivity index (χ3v) is 6.05. The van der Waals surface area contributed by atoms with E-state index in [0.29, 0.717) is 39.1 Å². The van der Waals surface area contributed by atoms with E-state index in [1.165, 1.54) is 4.31 Å². The fourth-order valence-corrected chi connectivity index (χ4v) is 4.31. The van der Waals surface area contributed by atoms with Crippen molar-refractivity contribution in [2.75, 3.05) is 26.3 Å². The number of benzene rings is 1. The molecule has 2 fully saturated rings. The number of rotatable bonds is 3. The molecule has 0 aromatic heterocycles. The molecule has 0 aliphatic carbocycles. The summed E-state index contributed by atoms with van der Waals surface area (Å²) in [4.78, 5) is 0.262. The van der Waals surface area contributed by atoms with E-state index in [9.17, 15) is 8.42 Å². The molecule has 0 atom stereocenters. The fraction of sp³-hybridized carbons (Fsp3) is 0.533. The third-order valence-electron chi connectivity index (χ3n) is 4.14. The highest BCUT2D eigenvalue weighted by Gasteiger charge is 2.42. The number of piperidine rings is 1. The van der Waals surface area contributed by atoms with Crippen LogP contribution in [0.2, 0.25) is 0 Å². The molecule has 2 heterocycles. The van der Waals surface area contributed by atoms with E-state index < -0.39 is 15.8 Å². The average molecular weight is 322 g/mol. The van der Waals surface area contributed by atoms with Crippen LogP contribution in [-0.4, -0.2) is 44.8 Å². The van der Waals surface area contributed by atoms with Crippen LogP contribution in [0.25, 0.3) is 0 Å². The van der Waals surface area contributed by atoms with Gasteiger partial charge in [-0.2, -0.15) is 9.57 Å². The van der Waals surface area contributed by atoms with Gasteiger partial charge in [0.15, 0.2) is 5.79 Å². The van der Waals surface area contributed by atoms with Gasteiger partial charge < -0.3 is 9.47 Å². The van der Waals surface area contributed by atoms with Gasteiger partial charge in [0, 0.05) is 25.9 Å². The van der Waals surface area contributed by atoms with E-state index in [-0.39, 0.29) is 11.3 Å². The summed E-state index contributed by atoms with van der Waals surface area (Å²) >= 11 is 0. The van der Waals surface area contributed by atoms with Crippen LogP contribution in [0.15, 0.2) is 29.2 Å². The van der Waals surface area contributed by atoms with Crippen molar-refractivity contribution in [1.29, 1.82) is 5.26 Å². The Kier molecular flexibility index (Phi) is 4.19. The molecule has 3 rings (SSSR count). The van der Waals surface area contributed by atoms with Crippen LogP contribution in [0, 0.1) is 11.3 Å². The largest absolute Gasteiger partial charge is 0.347 e. The van der Waals surface area contributed by atoms with Crippen molar-refractivity contribution in [3.63, 3.8) is 0 Å². The van der Waals surface area contributed by atoms with Crippen molar-refractivity contribution >= 4 is 10.0 Å². The van der Waals surface area contributed by atoms with E-state index in [0.717, 1.165) is 5.56 Å². The van der Waals surface area contributed by atoms with E-state index in [2.05, 4.69) is 0 Å². The second-order valence-electron chi connectivity index (χ2n) is 5.49. The maximum atomic E-state index is 12.6. The van der Waals surface area contributed by atoms with Crippen LogP contribution in [0.3, 0.4) is 0 Å². The van der Waals surface area contributed by atoms with Gasteiger partial charge in [0.2, 0.25) is 10.0 Å². The number of nitriles is 1. The molecule has 22 heavy (non-hydrogen) atoms. The van der Waals surface area contributed by atoms with E-state index in [1.54, 1.807) is 24.3 Å². The molecule has 1 aromatic rings. The summed E-state index contributed by atoms with van der Waals surface area (Å²) < 4.78 is 38.0. The van der Waals surface area contributed by atoms with Gasteiger partial charge in [-0.1, -0.05) is 12.1 Å². The van der Waals surface area contributed by atoms with Gasteiger partial charge in [-0.15, -0.1) is 0 Å². The Hall–Kier alpha value is -1.46. The van der Waals surface area contributed by atoms with E-state index in [4.69, 9.17) is 14.7 Å². The minimum absolute atomic E-state index is 0.262. The van der Waals surface area contributed by atoms with Gasteiger partial charge in [-0.05, 0) is 17.7 Å². The van der Waals surface area contributed by atoms with Crippen LogP contribution >= 0.6 is 0 Å². The first-order chi connectivity index (χ1) is 10.6. The average Bonchev–Trinajstić information content (AvgIpc) is 2.97. The quantitative estimate of drug-likeness (QED) is 0.837. The van der Waals surface area contributed by atoms with Crippen LogP contribution in [0.4, 0.5) is 0 Å². The molecule has 0 unspecified atom stereocenters. The molecule has 118 valence electrons. The van der Waals surface area contributed by atoms with Crippen molar-refractivity contribution < 1.29 is 17.9 Å². The van der Waals surface area contributed by atoms with Crippen LogP contribution in [0.1, 0.15) is 18.4 Å². The van der Waals surface area contributed by atoms with Gasteiger partial charge in [0.1, 0.15) is 0 Å². The summed E-state index contributed by atoms with van der Waals surface area (Å²) in [5.74, 6) is -0.581. The third kappa shape index (κ3) is 2.88. The number of hydrogen-bond donors (Lipinski definition) is 0. The topological polar surface area (TPSA) is 79.6 Å². The molecule has 1 spiro atoms. The predicted octanol–water partition coefficient (Wildman–Crippen LogP) is 1.28. The Morgan fingerprint density at radius 2 is 1.73 bits per heavy atom. The normalized spacial score (nSPS) is 21.8. The fourth-order valence-electron chi connectivity index (χ4n) is 2.87. The standard InChI is InChI=1S/C15H18N2O4S/c16-8-5-13-1-3-14(4-2-13)22(18,19)17-9-6-15(7-10-17)20-11-12-21-15/h1-4H,5-7,9-12H2. The lowest BCUT2D eigenvalue weighted by Gasteiger charge is -2.36. The summed E-state index contributed by atoms with van der Waals surface area (Å²) in [7, 11) is -3.50. The maximum absolute atomic E-state index is 12.6. The van der Waals surface area contributed by atoms with Gasteiger partial charge in [0.25, 0.3) is 0 Å². The monoisotopic (exact) mass is 322 g/mol. The van der Waals surface area contributed by atoms with Crippen molar-refractivity contribution in [2.45, 2.75) is 29.9 Å². The molecule has 2 aliphatic heterocycles. The van der Waals surface area contributed by atoms with Crippen LogP contribution in [-0.2, 0) is 25.9 Å². The molecule has 6 nitrogen and oxygen atoms in total. The SMILES string of the molecule is N#CCc1ccc(S(=O)(=O)N2CCC3(CC2)OCCO3)cc1. The zero-order chi connectivity index (χ0) is 15.6. The smallest absolute Gasteiger partial charge is 0.243 e. The van der Waals surface area contributed by atoms with Crippen LogP contribution < -0.4 is 0 Å². The number of hydrogen-bond acceptors (Lipinski definition) is 5. The Labute approximate surface area is 130 Å². The molecule has 2 aliphatic rings. The Morgan fingerprint density at radius 1 is 1.14 bits per heavy atom. The van der Waals surface area contributed by atoms with E-state index >= 15 is 0 Å². The first-order valence-corrected chi connectivity index (χ1v) is 8.74. The molecule has 1 aromatic carbocycles. The lowest BCUT2D eigenvalue weighted by atomic mass is 10.1. The molecule has 2 saturated heterocycles. The lowest BCUT2D eigenvalue weighted by molar-refractivity contribution is -0.179. The highest BCUT2D eigenvalue weighted by atomic mass is 32.2. The minimum Gasteiger partial charge on any atom is -0.347 e. The zero-order valence-corrected chi connectivity index (χ0v) is 13.0. The number of nitrogens with zero attached hydrogens (tertiary/aromatic N) is 2. The number of ether oxygens (including phenoxy) is 2. The van der Waals surface area contributed by atoms with Crippen molar-refractivity contribution in [1.82, 2.24) is 4.31 Å². The van der Waals surface area contributed by atoms with Crippen molar-refractivity contribution in [2.24, 2.45) is 0 Å². The molecule has 0 saturated carbocycles. The molecular formula is C15H18N2O4S. The van der Waals surface area contributed by atoms with Crippen molar-refractivity contribution in [3.05, 3.63) is 29.8 Å². The highest BCUT2D eigenvalue weighted by Crippen LogP contribution is 2.33. The summed E-state index contributed by atoms with van der Waals surface area (Å²) in [6.45, 7) is 1.94. The second-order valence-corrected chi connectivity index (χ2v) is 7.43. The highest BCUT2D eigenvalue weighted by molar-refractivity contribution is 7.89. The first-order valence-electron chi connectivity index (χ1n) is 7.30.